The zero-order chi connectivity index (χ0) is 20.6. The second-order valence-corrected chi connectivity index (χ2v) is 7.57. The molecule has 29 heavy (non-hydrogen) atoms. The average molecular weight is 410 g/mol. The molecule has 2 aromatic carbocycles. The second kappa shape index (κ2) is 9.79. The molecule has 3 amide bonds. The minimum atomic E-state index is -0.701. The number of aromatic nitrogens is 2. The number of hydrogen-bond donors (Lipinski definition) is 3. The molecule has 0 fully saturated rings. The van der Waals surface area contributed by atoms with Crippen molar-refractivity contribution in [3.8, 4) is 10.6 Å². The Labute approximate surface area is 173 Å². The van der Waals surface area contributed by atoms with Crippen molar-refractivity contribution in [3.63, 3.8) is 0 Å². The molecule has 0 aliphatic rings. The summed E-state index contributed by atoms with van der Waals surface area (Å²) >= 11 is 1.29. The molecular formula is C21H23N5O2S. The van der Waals surface area contributed by atoms with Crippen molar-refractivity contribution in [1.82, 2.24) is 15.5 Å². The van der Waals surface area contributed by atoms with Gasteiger partial charge in [0.15, 0.2) is 0 Å². The Hall–Kier alpha value is -3.26. The maximum Gasteiger partial charge on any atom is 0.319 e. The lowest BCUT2D eigenvalue weighted by molar-refractivity contribution is -0.119. The number of benzene rings is 2. The lowest BCUT2D eigenvalue weighted by Gasteiger charge is -2.23. The normalized spacial score (nSPS) is 12.6. The van der Waals surface area contributed by atoms with Gasteiger partial charge in [-0.2, -0.15) is 0 Å². The zero-order valence-electron chi connectivity index (χ0n) is 16.3. The standard InChI is InChI=1S/C21H23N5O2S/c1-3-14(2)17(23-20(28)22-16-12-8-5-9-13-16)18(27)24-21-26-25-19(29-21)15-10-6-4-7-11-15/h4-14,17H,3H2,1-2H3,(H2,22,23,28)(H,24,26,27)/t14-,17-/m1/s1. The molecule has 0 bridgehead atoms. The minimum absolute atomic E-state index is 0.0574. The summed E-state index contributed by atoms with van der Waals surface area (Å²) < 4.78 is 0. The van der Waals surface area contributed by atoms with Crippen LogP contribution in [0.4, 0.5) is 15.6 Å². The monoisotopic (exact) mass is 409 g/mol. The third-order valence-electron chi connectivity index (χ3n) is 4.49. The minimum Gasteiger partial charge on any atom is -0.326 e. The maximum atomic E-state index is 12.8. The van der Waals surface area contributed by atoms with Crippen LogP contribution in [0.5, 0.6) is 0 Å². The summed E-state index contributed by atoms with van der Waals surface area (Å²) in [6.45, 7) is 3.89. The van der Waals surface area contributed by atoms with Crippen molar-refractivity contribution >= 4 is 34.1 Å². The van der Waals surface area contributed by atoms with E-state index in [0.717, 1.165) is 17.0 Å². The predicted molar refractivity (Wildman–Crippen MR) is 116 cm³/mol. The smallest absolute Gasteiger partial charge is 0.319 e. The van der Waals surface area contributed by atoms with Gasteiger partial charge in [-0.25, -0.2) is 4.79 Å². The van der Waals surface area contributed by atoms with Gasteiger partial charge in [-0.3, -0.25) is 10.1 Å². The number of carbonyl (C=O) groups is 2. The van der Waals surface area contributed by atoms with Gasteiger partial charge in [0, 0.05) is 11.3 Å². The van der Waals surface area contributed by atoms with Gasteiger partial charge >= 0.3 is 6.03 Å². The largest absolute Gasteiger partial charge is 0.326 e. The fraction of sp³-hybridized carbons (Fsp3) is 0.238. The van der Waals surface area contributed by atoms with Crippen LogP contribution in [-0.2, 0) is 4.79 Å². The first-order valence-electron chi connectivity index (χ1n) is 9.39. The fourth-order valence-corrected chi connectivity index (χ4v) is 3.44. The Balaban J connectivity index is 1.66. The highest BCUT2D eigenvalue weighted by molar-refractivity contribution is 7.18. The van der Waals surface area contributed by atoms with Gasteiger partial charge in [0.2, 0.25) is 11.0 Å². The van der Waals surface area contributed by atoms with Crippen LogP contribution in [0, 0.1) is 5.92 Å². The van der Waals surface area contributed by atoms with Gasteiger partial charge < -0.3 is 10.6 Å². The Bertz CT molecular complexity index is 946. The SMILES string of the molecule is CC[C@@H](C)[C@@H](NC(=O)Nc1ccccc1)C(=O)Nc1nnc(-c2ccccc2)s1. The molecule has 0 unspecified atom stereocenters. The summed E-state index contributed by atoms with van der Waals surface area (Å²) in [6.07, 6.45) is 0.731. The van der Waals surface area contributed by atoms with Crippen LogP contribution >= 0.6 is 11.3 Å². The molecular weight excluding hydrogens is 386 g/mol. The molecule has 1 aromatic heterocycles. The van der Waals surface area contributed by atoms with Crippen LogP contribution < -0.4 is 16.0 Å². The highest BCUT2D eigenvalue weighted by Crippen LogP contribution is 2.26. The number of nitrogens with one attached hydrogen (secondary N) is 3. The van der Waals surface area contributed by atoms with E-state index in [9.17, 15) is 9.59 Å². The molecule has 0 aliphatic carbocycles. The first kappa shape index (κ1) is 20.5. The van der Waals surface area contributed by atoms with Gasteiger partial charge in [0.25, 0.3) is 0 Å². The molecule has 1 heterocycles. The molecule has 7 nitrogen and oxygen atoms in total. The van der Waals surface area contributed by atoms with E-state index in [2.05, 4.69) is 26.1 Å². The number of anilines is 2. The van der Waals surface area contributed by atoms with E-state index in [1.165, 1.54) is 11.3 Å². The molecule has 0 aliphatic heterocycles. The Morgan fingerprint density at radius 2 is 1.62 bits per heavy atom. The van der Waals surface area contributed by atoms with Gasteiger partial charge in [0.05, 0.1) is 0 Å². The van der Waals surface area contributed by atoms with Crippen molar-refractivity contribution in [1.29, 1.82) is 0 Å². The van der Waals surface area contributed by atoms with Crippen molar-refractivity contribution < 1.29 is 9.59 Å². The summed E-state index contributed by atoms with van der Waals surface area (Å²) in [6, 6.07) is 17.6. The van der Waals surface area contributed by atoms with E-state index >= 15 is 0 Å². The summed E-state index contributed by atoms with van der Waals surface area (Å²) in [5.74, 6) is -0.378. The molecule has 3 aromatic rings. The number of carbonyl (C=O) groups excluding carboxylic acids is 2. The van der Waals surface area contributed by atoms with Crippen molar-refractivity contribution in [2.24, 2.45) is 5.92 Å². The van der Waals surface area contributed by atoms with Gasteiger partial charge in [-0.15, -0.1) is 10.2 Å². The van der Waals surface area contributed by atoms with Crippen molar-refractivity contribution in [2.75, 3.05) is 10.6 Å². The average Bonchev–Trinajstić information content (AvgIpc) is 3.21. The third-order valence-corrected chi connectivity index (χ3v) is 5.38. The topological polar surface area (TPSA) is 96.0 Å². The third kappa shape index (κ3) is 5.61. The Morgan fingerprint density at radius 3 is 2.28 bits per heavy atom. The van der Waals surface area contributed by atoms with Crippen LogP contribution in [-0.4, -0.2) is 28.2 Å². The number of para-hydroxylation sites is 1. The molecule has 8 heteroatoms. The number of urea groups is 1. The van der Waals surface area contributed by atoms with Crippen LogP contribution in [0.2, 0.25) is 0 Å². The number of nitrogens with zero attached hydrogens (tertiary/aromatic N) is 2. The van der Waals surface area contributed by atoms with E-state index in [1.54, 1.807) is 12.1 Å². The molecule has 3 N–H and O–H groups in total. The van der Waals surface area contributed by atoms with E-state index < -0.39 is 12.1 Å². The Kier molecular flexibility index (Phi) is 6.91. The summed E-state index contributed by atoms with van der Waals surface area (Å²) in [5, 5.41) is 17.6. The fourth-order valence-electron chi connectivity index (χ4n) is 2.69. The van der Waals surface area contributed by atoms with Crippen LogP contribution in [0.15, 0.2) is 60.7 Å². The quantitative estimate of drug-likeness (QED) is 0.539. The number of hydrogen-bond acceptors (Lipinski definition) is 5. The second-order valence-electron chi connectivity index (χ2n) is 6.60. The van der Waals surface area contributed by atoms with Crippen molar-refractivity contribution in [3.05, 3.63) is 60.7 Å². The first-order chi connectivity index (χ1) is 14.1. The van der Waals surface area contributed by atoms with Crippen LogP contribution in [0.3, 0.4) is 0 Å². The van der Waals surface area contributed by atoms with Crippen LogP contribution in [0.1, 0.15) is 20.3 Å². The molecule has 2 atom stereocenters. The highest BCUT2D eigenvalue weighted by atomic mass is 32.1. The van der Waals surface area contributed by atoms with E-state index in [4.69, 9.17) is 0 Å². The Morgan fingerprint density at radius 1 is 0.966 bits per heavy atom. The summed E-state index contributed by atoms with van der Waals surface area (Å²) in [5.41, 5.74) is 1.59. The number of amides is 3. The lowest BCUT2D eigenvalue weighted by atomic mass is 9.98. The summed E-state index contributed by atoms with van der Waals surface area (Å²) in [4.78, 5) is 25.2. The highest BCUT2D eigenvalue weighted by Gasteiger charge is 2.27. The molecule has 0 saturated carbocycles. The van der Waals surface area contributed by atoms with Crippen LogP contribution in [0.25, 0.3) is 10.6 Å². The lowest BCUT2D eigenvalue weighted by Crippen LogP contribution is -2.49. The molecule has 3 rings (SSSR count). The van der Waals surface area contributed by atoms with E-state index in [0.29, 0.717) is 10.8 Å². The first-order valence-corrected chi connectivity index (χ1v) is 10.2. The molecule has 0 spiro atoms. The number of rotatable bonds is 7. The van der Waals surface area contributed by atoms with Gasteiger partial charge in [0.1, 0.15) is 11.0 Å². The molecule has 0 saturated heterocycles. The predicted octanol–water partition coefficient (Wildman–Crippen LogP) is 4.38. The van der Waals surface area contributed by atoms with Gasteiger partial charge in [-0.1, -0.05) is 80.1 Å². The maximum absolute atomic E-state index is 12.8. The molecule has 150 valence electrons. The van der Waals surface area contributed by atoms with Gasteiger partial charge in [-0.05, 0) is 18.1 Å². The van der Waals surface area contributed by atoms with E-state index in [-0.39, 0.29) is 11.8 Å². The molecule has 0 radical (unpaired) electrons. The van der Waals surface area contributed by atoms with Crippen molar-refractivity contribution in [2.45, 2.75) is 26.3 Å². The summed E-state index contributed by atoms with van der Waals surface area (Å²) in [7, 11) is 0. The van der Waals surface area contributed by atoms with E-state index in [1.807, 2.05) is 62.4 Å². The zero-order valence-corrected chi connectivity index (χ0v) is 17.1.